The second-order valence-corrected chi connectivity index (χ2v) is 7.12. The molecule has 1 atom stereocenters. The van der Waals surface area contributed by atoms with Crippen molar-refractivity contribution in [3.05, 3.63) is 35.9 Å². The molecule has 1 fully saturated rings. The van der Waals surface area contributed by atoms with Crippen LogP contribution >= 0.6 is 11.8 Å². The van der Waals surface area contributed by atoms with Crippen LogP contribution in [-0.4, -0.2) is 23.5 Å². The second kappa shape index (κ2) is 6.19. The van der Waals surface area contributed by atoms with Gasteiger partial charge in [-0.1, -0.05) is 43.2 Å². The zero-order valence-electron chi connectivity index (χ0n) is 12.3. The molecule has 3 N–H and O–H groups in total. The van der Waals surface area contributed by atoms with Gasteiger partial charge < -0.3 is 11.1 Å². The van der Waals surface area contributed by atoms with E-state index >= 15 is 0 Å². The van der Waals surface area contributed by atoms with Crippen LogP contribution < -0.4 is 11.1 Å². The van der Waals surface area contributed by atoms with Gasteiger partial charge in [0.15, 0.2) is 0 Å². The number of benzene rings is 1. The van der Waals surface area contributed by atoms with Crippen molar-refractivity contribution < 1.29 is 4.79 Å². The van der Waals surface area contributed by atoms with Crippen molar-refractivity contribution in [1.82, 2.24) is 5.32 Å². The monoisotopic (exact) mass is 292 g/mol. The normalized spacial score (nSPS) is 20.4. The maximum absolute atomic E-state index is 12.4. The lowest BCUT2D eigenvalue weighted by Crippen LogP contribution is -2.51. The molecule has 1 amide bonds. The summed E-state index contributed by atoms with van der Waals surface area (Å²) in [4.78, 5) is 12.4. The van der Waals surface area contributed by atoms with E-state index in [0.717, 1.165) is 5.56 Å². The highest BCUT2D eigenvalue weighted by molar-refractivity contribution is 8.00. The third-order valence-electron chi connectivity index (χ3n) is 4.36. The van der Waals surface area contributed by atoms with Gasteiger partial charge in [0.05, 0.1) is 0 Å². The van der Waals surface area contributed by atoms with Crippen molar-refractivity contribution in [2.24, 2.45) is 5.73 Å². The topological polar surface area (TPSA) is 55.1 Å². The lowest BCUT2D eigenvalue weighted by Gasteiger charge is -2.30. The molecule has 1 aliphatic carbocycles. The van der Waals surface area contributed by atoms with E-state index in [0.29, 0.717) is 6.54 Å². The van der Waals surface area contributed by atoms with Gasteiger partial charge in [-0.05, 0) is 31.6 Å². The Balaban J connectivity index is 2.01. The van der Waals surface area contributed by atoms with E-state index in [1.807, 2.05) is 42.1 Å². The maximum Gasteiger partial charge on any atom is 0.244 e. The number of rotatable bonds is 5. The smallest absolute Gasteiger partial charge is 0.244 e. The Bertz CT molecular complexity index is 453. The summed E-state index contributed by atoms with van der Waals surface area (Å²) in [5.41, 5.74) is 6.11. The highest BCUT2D eigenvalue weighted by Gasteiger charge is 2.36. The van der Waals surface area contributed by atoms with Crippen molar-refractivity contribution in [1.29, 1.82) is 0 Å². The Morgan fingerprint density at radius 2 is 1.95 bits per heavy atom. The molecule has 2 rings (SSSR count). The predicted molar refractivity (Wildman–Crippen MR) is 85.7 cm³/mol. The molecule has 0 aliphatic heterocycles. The summed E-state index contributed by atoms with van der Waals surface area (Å²) in [5.74, 6) is -0.0935. The number of hydrogen-bond donors (Lipinski definition) is 2. The Morgan fingerprint density at radius 1 is 1.35 bits per heavy atom. The van der Waals surface area contributed by atoms with Gasteiger partial charge in [0.1, 0.15) is 5.54 Å². The first kappa shape index (κ1) is 15.4. The number of carbonyl (C=O) groups is 1. The summed E-state index contributed by atoms with van der Waals surface area (Å²) in [7, 11) is 0. The number of amides is 1. The van der Waals surface area contributed by atoms with Crippen molar-refractivity contribution in [3.8, 4) is 0 Å². The summed E-state index contributed by atoms with van der Waals surface area (Å²) >= 11 is 1.87. The molecule has 4 heteroatoms. The lowest BCUT2D eigenvalue weighted by atomic mass is 9.92. The van der Waals surface area contributed by atoms with Crippen LogP contribution in [0, 0.1) is 0 Å². The van der Waals surface area contributed by atoms with Crippen LogP contribution in [0.15, 0.2) is 30.3 Å². The minimum absolute atomic E-state index is 0.0935. The molecule has 0 spiro atoms. The second-order valence-electron chi connectivity index (χ2n) is 5.85. The molecular weight excluding hydrogens is 268 g/mol. The van der Waals surface area contributed by atoms with Gasteiger partial charge in [0.2, 0.25) is 5.91 Å². The SMILES string of the molecule is CSC1(CNC(=O)C(C)(N)c2ccccc2)CCCC1. The van der Waals surface area contributed by atoms with Gasteiger partial charge in [-0.25, -0.2) is 0 Å². The molecule has 1 aromatic rings. The van der Waals surface area contributed by atoms with Gasteiger partial charge in [0.25, 0.3) is 0 Å². The Hall–Kier alpha value is -1.00. The van der Waals surface area contributed by atoms with Crippen LogP contribution in [0.2, 0.25) is 0 Å². The first-order chi connectivity index (χ1) is 9.50. The number of nitrogens with one attached hydrogen (secondary N) is 1. The third kappa shape index (κ3) is 3.18. The average Bonchev–Trinajstić information content (AvgIpc) is 2.95. The van der Waals surface area contributed by atoms with Crippen LogP contribution in [0.25, 0.3) is 0 Å². The fourth-order valence-corrected chi connectivity index (χ4v) is 3.73. The van der Waals surface area contributed by atoms with Crippen LogP contribution in [0.4, 0.5) is 0 Å². The fourth-order valence-electron chi connectivity index (χ4n) is 2.81. The Kier molecular flexibility index (Phi) is 4.76. The highest BCUT2D eigenvalue weighted by Crippen LogP contribution is 2.39. The Labute approximate surface area is 125 Å². The Morgan fingerprint density at radius 3 is 2.50 bits per heavy atom. The summed E-state index contributed by atoms with van der Waals surface area (Å²) < 4.78 is 0.211. The van der Waals surface area contributed by atoms with E-state index in [-0.39, 0.29) is 10.7 Å². The maximum atomic E-state index is 12.4. The van der Waals surface area contributed by atoms with E-state index in [9.17, 15) is 4.79 Å². The fraction of sp³-hybridized carbons (Fsp3) is 0.562. The minimum Gasteiger partial charge on any atom is -0.353 e. The van der Waals surface area contributed by atoms with Gasteiger partial charge in [-0.15, -0.1) is 0 Å². The predicted octanol–water partition coefficient (Wildman–Crippen LogP) is 2.65. The number of thioether (sulfide) groups is 1. The molecule has 1 aliphatic rings. The largest absolute Gasteiger partial charge is 0.353 e. The van der Waals surface area contributed by atoms with E-state index in [1.54, 1.807) is 6.92 Å². The van der Waals surface area contributed by atoms with Crippen molar-refractivity contribution in [2.75, 3.05) is 12.8 Å². The van der Waals surface area contributed by atoms with Gasteiger partial charge in [0, 0.05) is 11.3 Å². The number of hydrogen-bond acceptors (Lipinski definition) is 3. The van der Waals surface area contributed by atoms with Gasteiger partial charge in [-0.2, -0.15) is 11.8 Å². The van der Waals surface area contributed by atoms with Crippen LogP contribution in [0.5, 0.6) is 0 Å². The summed E-state index contributed by atoms with van der Waals surface area (Å²) in [5, 5.41) is 3.07. The molecule has 110 valence electrons. The summed E-state index contributed by atoms with van der Waals surface area (Å²) in [6, 6.07) is 9.56. The molecular formula is C16H24N2OS. The molecule has 0 saturated heterocycles. The minimum atomic E-state index is -0.973. The van der Waals surface area contributed by atoms with Crippen molar-refractivity contribution in [2.45, 2.75) is 42.9 Å². The molecule has 1 aromatic carbocycles. The molecule has 0 heterocycles. The zero-order chi connectivity index (χ0) is 14.6. The standard InChI is InChI=1S/C16H24N2OS/c1-15(17,13-8-4-3-5-9-13)14(19)18-12-16(20-2)10-6-7-11-16/h3-5,8-9H,6-7,10-12,17H2,1-2H3,(H,18,19). The van der Waals surface area contributed by atoms with E-state index in [4.69, 9.17) is 5.73 Å². The van der Waals surface area contributed by atoms with E-state index < -0.39 is 5.54 Å². The number of nitrogens with two attached hydrogens (primary N) is 1. The summed E-state index contributed by atoms with van der Waals surface area (Å²) in [6.45, 7) is 2.49. The first-order valence-electron chi connectivity index (χ1n) is 7.18. The lowest BCUT2D eigenvalue weighted by molar-refractivity contribution is -0.126. The van der Waals surface area contributed by atoms with E-state index in [1.165, 1.54) is 25.7 Å². The average molecular weight is 292 g/mol. The van der Waals surface area contributed by atoms with Crippen molar-refractivity contribution >= 4 is 17.7 Å². The molecule has 1 saturated carbocycles. The zero-order valence-corrected chi connectivity index (χ0v) is 13.1. The summed E-state index contributed by atoms with van der Waals surface area (Å²) in [6.07, 6.45) is 7.02. The molecule has 1 unspecified atom stereocenters. The quantitative estimate of drug-likeness (QED) is 0.877. The van der Waals surface area contributed by atoms with E-state index in [2.05, 4.69) is 11.6 Å². The molecule has 20 heavy (non-hydrogen) atoms. The number of carbonyl (C=O) groups excluding carboxylic acids is 1. The first-order valence-corrected chi connectivity index (χ1v) is 8.40. The molecule has 0 bridgehead atoms. The van der Waals surface area contributed by atoms with Crippen LogP contribution in [-0.2, 0) is 10.3 Å². The van der Waals surface area contributed by atoms with Crippen molar-refractivity contribution in [3.63, 3.8) is 0 Å². The molecule has 3 nitrogen and oxygen atoms in total. The molecule has 0 aromatic heterocycles. The highest BCUT2D eigenvalue weighted by atomic mass is 32.2. The van der Waals surface area contributed by atoms with Gasteiger partial charge >= 0.3 is 0 Å². The molecule has 0 radical (unpaired) electrons. The van der Waals surface area contributed by atoms with Crippen LogP contribution in [0.3, 0.4) is 0 Å². The van der Waals surface area contributed by atoms with Crippen LogP contribution in [0.1, 0.15) is 38.2 Å². The van der Waals surface area contributed by atoms with Gasteiger partial charge in [-0.3, -0.25) is 4.79 Å². The third-order valence-corrected chi connectivity index (χ3v) is 5.78.